The largest absolute Gasteiger partial charge is 0.508 e. The normalized spacial score (nSPS) is 14.6. The van der Waals surface area contributed by atoms with Crippen LogP contribution in [0.25, 0.3) is 22.3 Å². The van der Waals surface area contributed by atoms with E-state index in [1.165, 1.54) is 0 Å². The zero-order chi connectivity index (χ0) is 15.8. The number of aromatic amines is 1. The van der Waals surface area contributed by atoms with Gasteiger partial charge < -0.3 is 15.7 Å². The molecule has 3 heterocycles. The predicted octanol–water partition coefficient (Wildman–Crippen LogP) is 1.03. The molecule has 1 aliphatic rings. The molecule has 0 aliphatic carbocycles. The number of hydrogen-bond acceptors (Lipinski definition) is 5. The van der Waals surface area contributed by atoms with E-state index in [1.54, 1.807) is 36.5 Å². The van der Waals surface area contributed by atoms with Crippen LogP contribution in [-0.2, 0) is 0 Å². The Balaban J connectivity index is 1.77. The van der Waals surface area contributed by atoms with Crippen LogP contribution in [0.3, 0.4) is 0 Å². The fourth-order valence-corrected chi connectivity index (χ4v) is 2.55. The summed E-state index contributed by atoms with van der Waals surface area (Å²) in [6.45, 7) is 1.58. The quantitative estimate of drug-likeness (QED) is 0.579. The van der Waals surface area contributed by atoms with Crippen molar-refractivity contribution in [2.24, 2.45) is 0 Å². The number of amides is 1. The van der Waals surface area contributed by atoms with Crippen LogP contribution in [0.15, 0.2) is 36.5 Å². The highest BCUT2D eigenvalue weighted by atomic mass is 16.3. The van der Waals surface area contributed by atoms with Gasteiger partial charge in [0.1, 0.15) is 5.75 Å². The van der Waals surface area contributed by atoms with Gasteiger partial charge in [-0.2, -0.15) is 5.10 Å². The van der Waals surface area contributed by atoms with E-state index in [9.17, 15) is 9.90 Å². The Morgan fingerprint density at radius 2 is 2.04 bits per heavy atom. The van der Waals surface area contributed by atoms with Crippen molar-refractivity contribution in [3.05, 3.63) is 42.1 Å². The number of aromatic nitrogens is 3. The van der Waals surface area contributed by atoms with Gasteiger partial charge in [-0.1, -0.05) is 0 Å². The highest BCUT2D eigenvalue weighted by molar-refractivity contribution is 6.06. The first-order chi connectivity index (χ1) is 11.2. The lowest BCUT2D eigenvalue weighted by molar-refractivity contribution is 0.0925. The van der Waals surface area contributed by atoms with E-state index in [1.807, 2.05) is 0 Å². The van der Waals surface area contributed by atoms with Gasteiger partial charge in [-0.25, -0.2) is 4.98 Å². The SMILES string of the molecule is O=C(NC1CNC1)c1cc(-c2ccc(O)cc2)nc2[nH]ncc12. The van der Waals surface area contributed by atoms with Crippen LogP contribution in [0, 0.1) is 0 Å². The molecular formula is C16H15N5O2. The molecule has 2 aromatic heterocycles. The van der Waals surface area contributed by atoms with Gasteiger partial charge in [-0.15, -0.1) is 0 Å². The van der Waals surface area contributed by atoms with E-state index in [4.69, 9.17) is 0 Å². The second-order valence-corrected chi connectivity index (χ2v) is 5.56. The lowest BCUT2D eigenvalue weighted by Crippen LogP contribution is -2.56. The summed E-state index contributed by atoms with van der Waals surface area (Å²) >= 11 is 0. The fraction of sp³-hybridized carbons (Fsp3) is 0.188. The van der Waals surface area contributed by atoms with Gasteiger partial charge in [0, 0.05) is 18.7 Å². The van der Waals surface area contributed by atoms with Gasteiger partial charge in [0.25, 0.3) is 5.91 Å². The molecule has 1 fully saturated rings. The Kier molecular flexibility index (Phi) is 3.20. The molecule has 0 saturated carbocycles. The Hall–Kier alpha value is -2.93. The summed E-state index contributed by atoms with van der Waals surface area (Å²) in [6.07, 6.45) is 1.61. The summed E-state index contributed by atoms with van der Waals surface area (Å²) in [5.41, 5.74) is 2.57. The number of rotatable bonds is 3. The summed E-state index contributed by atoms with van der Waals surface area (Å²) in [6, 6.07) is 8.62. The number of phenols is 1. The van der Waals surface area contributed by atoms with E-state index in [0.29, 0.717) is 22.3 Å². The minimum Gasteiger partial charge on any atom is -0.508 e. The summed E-state index contributed by atoms with van der Waals surface area (Å²) in [4.78, 5) is 17.0. The molecule has 4 N–H and O–H groups in total. The minimum absolute atomic E-state index is 0.134. The second kappa shape index (κ2) is 5.36. The number of carbonyl (C=O) groups is 1. The number of aromatic hydroxyl groups is 1. The third-order valence-corrected chi connectivity index (χ3v) is 3.95. The molecule has 1 amide bonds. The van der Waals surface area contributed by atoms with Crippen LogP contribution in [0.4, 0.5) is 0 Å². The van der Waals surface area contributed by atoms with Crippen LogP contribution in [0.5, 0.6) is 5.75 Å². The van der Waals surface area contributed by atoms with E-state index in [2.05, 4.69) is 25.8 Å². The molecule has 7 nitrogen and oxygen atoms in total. The number of phenolic OH excluding ortho intramolecular Hbond substituents is 1. The Morgan fingerprint density at radius 1 is 1.26 bits per heavy atom. The van der Waals surface area contributed by atoms with Gasteiger partial charge in [0.2, 0.25) is 0 Å². The maximum absolute atomic E-state index is 12.5. The van der Waals surface area contributed by atoms with E-state index < -0.39 is 0 Å². The summed E-state index contributed by atoms with van der Waals surface area (Å²) in [7, 11) is 0. The summed E-state index contributed by atoms with van der Waals surface area (Å²) in [5.74, 6) is 0.0529. The molecule has 0 bridgehead atoms. The fourth-order valence-electron chi connectivity index (χ4n) is 2.55. The first-order valence-corrected chi connectivity index (χ1v) is 7.36. The summed E-state index contributed by atoms with van der Waals surface area (Å²) < 4.78 is 0. The van der Waals surface area contributed by atoms with Crippen molar-refractivity contribution < 1.29 is 9.90 Å². The van der Waals surface area contributed by atoms with Crippen LogP contribution < -0.4 is 10.6 Å². The van der Waals surface area contributed by atoms with Gasteiger partial charge in [-0.05, 0) is 30.3 Å². The molecule has 116 valence electrons. The average Bonchev–Trinajstić information content (AvgIpc) is 2.99. The molecule has 1 aliphatic heterocycles. The smallest absolute Gasteiger partial charge is 0.252 e. The Labute approximate surface area is 131 Å². The van der Waals surface area contributed by atoms with Crippen molar-refractivity contribution >= 4 is 16.9 Å². The maximum atomic E-state index is 12.5. The average molecular weight is 309 g/mol. The molecule has 3 aromatic rings. The number of carbonyl (C=O) groups excluding carboxylic acids is 1. The van der Waals surface area contributed by atoms with Crippen molar-refractivity contribution in [1.82, 2.24) is 25.8 Å². The van der Waals surface area contributed by atoms with Crippen LogP contribution in [0.2, 0.25) is 0 Å². The topological polar surface area (TPSA) is 103 Å². The van der Waals surface area contributed by atoms with Crippen molar-refractivity contribution in [3.63, 3.8) is 0 Å². The third kappa shape index (κ3) is 2.51. The van der Waals surface area contributed by atoms with Crippen LogP contribution in [-0.4, -0.2) is 45.3 Å². The van der Waals surface area contributed by atoms with Crippen molar-refractivity contribution in [2.75, 3.05) is 13.1 Å². The minimum atomic E-state index is -0.134. The van der Waals surface area contributed by atoms with E-state index >= 15 is 0 Å². The number of nitrogens with one attached hydrogen (secondary N) is 3. The molecule has 1 aromatic carbocycles. The van der Waals surface area contributed by atoms with Gasteiger partial charge >= 0.3 is 0 Å². The first-order valence-electron chi connectivity index (χ1n) is 7.36. The van der Waals surface area contributed by atoms with Crippen LogP contribution in [0.1, 0.15) is 10.4 Å². The Morgan fingerprint density at radius 3 is 2.74 bits per heavy atom. The number of nitrogens with zero attached hydrogens (tertiary/aromatic N) is 2. The number of fused-ring (bicyclic) bond motifs is 1. The predicted molar refractivity (Wildman–Crippen MR) is 85.1 cm³/mol. The van der Waals surface area contributed by atoms with Crippen molar-refractivity contribution in [2.45, 2.75) is 6.04 Å². The van der Waals surface area contributed by atoms with Gasteiger partial charge in [0.05, 0.1) is 28.9 Å². The molecule has 7 heteroatoms. The van der Waals surface area contributed by atoms with Gasteiger partial charge in [0.15, 0.2) is 5.65 Å². The van der Waals surface area contributed by atoms with Gasteiger partial charge in [-0.3, -0.25) is 9.89 Å². The number of hydrogen-bond donors (Lipinski definition) is 4. The monoisotopic (exact) mass is 309 g/mol. The van der Waals surface area contributed by atoms with Crippen molar-refractivity contribution in [3.8, 4) is 17.0 Å². The molecule has 1 saturated heterocycles. The molecule has 0 spiro atoms. The molecule has 4 rings (SSSR count). The first kappa shape index (κ1) is 13.7. The lowest BCUT2D eigenvalue weighted by Gasteiger charge is -2.28. The third-order valence-electron chi connectivity index (χ3n) is 3.95. The summed E-state index contributed by atoms with van der Waals surface area (Å²) in [5, 5.41) is 23.0. The maximum Gasteiger partial charge on any atom is 0.252 e. The standard InChI is InChI=1S/C16H15N5O2/c22-11-3-1-9(2-4-11)14-5-12(13-8-18-21-15(13)20-14)16(23)19-10-6-17-7-10/h1-5,8,10,17,22H,6-7H2,(H,19,23)(H,18,20,21). The number of H-pyrrole nitrogens is 1. The number of benzene rings is 1. The van der Waals surface area contributed by atoms with E-state index in [-0.39, 0.29) is 17.7 Å². The zero-order valence-electron chi connectivity index (χ0n) is 12.2. The van der Waals surface area contributed by atoms with E-state index in [0.717, 1.165) is 18.7 Å². The van der Waals surface area contributed by atoms with Crippen molar-refractivity contribution in [1.29, 1.82) is 0 Å². The van der Waals surface area contributed by atoms with Crippen LogP contribution >= 0.6 is 0 Å². The highest BCUT2D eigenvalue weighted by Crippen LogP contribution is 2.25. The Bertz CT molecular complexity index is 868. The number of pyridine rings is 1. The molecule has 0 unspecified atom stereocenters. The second-order valence-electron chi connectivity index (χ2n) is 5.56. The highest BCUT2D eigenvalue weighted by Gasteiger charge is 2.22. The zero-order valence-corrected chi connectivity index (χ0v) is 12.2. The molecule has 0 atom stereocenters. The molecule has 0 radical (unpaired) electrons. The molecular weight excluding hydrogens is 294 g/mol. The lowest BCUT2D eigenvalue weighted by atomic mass is 10.1. The molecule has 23 heavy (non-hydrogen) atoms.